The lowest BCUT2D eigenvalue weighted by atomic mass is 10.2. The summed E-state index contributed by atoms with van der Waals surface area (Å²) in [6.45, 7) is 3.22. The van der Waals surface area contributed by atoms with Crippen LogP contribution >= 0.6 is 11.3 Å². The Kier molecular flexibility index (Phi) is 4.28. The summed E-state index contributed by atoms with van der Waals surface area (Å²) in [4.78, 5) is 9.83. The Labute approximate surface area is 106 Å². The van der Waals surface area contributed by atoms with Crippen LogP contribution < -0.4 is 5.32 Å². The highest BCUT2D eigenvalue weighted by molar-refractivity contribution is 7.09. The van der Waals surface area contributed by atoms with E-state index in [-0.39, 0.29) is 0 Å². The molecule has 1 atom stereocenters. The Balaban J connectivity index is 2.10. The van der Waals surface area contributed by atoms with Gasteiger partial charge in [-0.2, -0.15) is 0 Å². The fraction of sp³-hybridized carbons (Fsp3) is 0.500. The number of likely N-dealkylation sites (N-methyl/N-ethyl adjacent to an activating group) is 1. The predicted octanol–water partition coefficient (Wildman–Crippen LogP) is 2.25. The minimum absolute atomic E-state index is 0.306. The van der Waals surface area contributed by atoms with Crippen molar-refractivity contribution in [2.45, 2.75) is 32.4 Å². The van der Waals surface area contributed by atoms with Crippen LogP contribution in [0.2, 0.25) is 0 Å². The molecule has 0 fully saturated rings. The molecule has 2 aromatic heterocycles. The Bertz CT molecular complexity index is 435. The number of hydrogen-bond acceptors (Lipinski definition) is 4. The average Bonchev–Trinajstić information content (AvgIpc) is 2.97. The van der Waals surface area contributed by atoms with Crippen molar-refractivity contribution in [3.8, 4) is 0 Å². The minimum atomic E-state index is 0.306. The van der Waals surface area contributed by atoms with Gasteiger partial charge in [-0.15, -0.1) is 11.3 Å². The maximum absolute atomic E-state index is 4.44. The third-order valence-electron chi connectivity index (χ3n) is 2.80. The van der Waals surface area contributed by atoms with Crippen LogP contribution in [0.4, 0.5) is 0 Å². The first-order chi connectivity index (χ1) is 8.35. The number of rotatable bonds is 6. The van der Waals surface area contributed by atoms with Crippen molar-refractivity contribution in [2.24, 2.45) is 0 Å². The van der Waals surface area contributed by atoms with Crippen LogP contribution in [0.5, 0.6) is 0 Å². The van der Waals surface area contributed by atoms with Gasteiger partial charge in [0.25, 0.3) is 0 Å². The van der Waals surface area contributed by atoms with E-state index in [0.29, 0.717) is 6.04 Å². The van der Waals surface area contributed by atoms with E-state index in [1.807, 2.05) is 25.0 Å². The van der Waals surface area contributed by atoms with Gasteiger partial charge in [0.15, 0.2) is 0 Å². The van der Waals surface area contributed by atoms with Gasteiger partial charge in [-0.25, -0.2) is 4.98 Å². The van der Waals surface area contributed by atoms with Gasteiger partial charge < -0.3 is 9.88 Å². The lowest BCUT2D eigenvalue weighted by Gasteiger charge is -2.14. The van der Waals surface area contributed by atoms with Gasteiger partial charge in [0.05, 0.1) is 5.51 Å². The van der Waals surface area contributed by atoms with Crippen LogP contribution in [0.25, 0.3) is 0 Å². The fourth-order valence-electron chi connectivity index (χ4n) is 1.90. The van der Waals surface area contributed by atoms with E-state index >= 15 is 0 Å². The Morgan fingerprint density at radius 3 is 3.06 bits per heavy atom. The van der Waals surface area contributed by atoms with E-state index in [9.17, 15) is 0 Å². The second-order valence-corrected chi connectivity index (χ2v) is 4.90. The Hall–Kier alpha value is -1.20. The summed E-state index contributed by atoms with van der Waals surface area (Å²) in [6.07, 6.45) is 7.90. The van der Waals surface area contributed by atoms with E-state index in [1.165, 1.54) is 4.88 Å². The van der Waals surface area contributed by atoms with E-state index in [0.717, 1.165) is 25.2 Å². The molecule has 92 valence electrons. The van der Waals surface area contributed by atoms with Crippen molar-refractivity contribution >= 4 is 11.3 Å². The normalized spacial score (nSPS) is 12.8. The summed E-state index contributed by atoms with van der Waals surface area (Å²) in [5, 5.41) is 3.33. The average molecular weight is 250 g/mol. The number of thiazole rings is 1. The molecular formula is C12H18N4S. The maximum Gasteiger partial charge on any atom is 0.110 e. The molecular weight excluding hydrogens is 232 g/mol. The van der Waals surface area contributed by atoms with Gasteiger partial charge in [-0.05, 0) is 13.5 Å². The predicted molar refractivity (Wildman–Crippen MR) is 70.1 cm³/mol. The first kappa shape index (κ1) is 12.3. The van der Waals surface area contributed by atoms with E-state index < -0.39 is 0 Å². The number of nitrogens with zero attached hydrogens (tertiary/aromatic N) is 3. The molecule has 0 radical (unpaired) electrons. The highest BCUT2D eigenvalue weighted by Gasteiger charge is 2.14. The highest BCUT2D eigenvalue weighted by Crippen LogP contribution is 2.20. The fourth-order valence-corrected chi connectivity index (χ4v) is 2.63. The van der Waals surface area contributed by atoms with E-state index in [1.54, 1.807) is 11.3 Å². The SMILES string of the molecule is CCCn1ccnc1CC(NC)c1cncs1. The van der Waals surface area contributed by atoms with Crippen LogP contribution in [0.1, 0.15) is 30.1 Å². The maximum atomic E-state index is 4.44. The quantitative estimate of drug-likeness (QED) is 0.855. The van der Waals surface area contributed by atoms with Crippen LogP contribution in [-0.2, 0) is 13.0 Å². The zero-order chi connectivity index (χ0) is 12.1. The largest absolute Gasteiger partial charge is 0.335 e. The molecule has 1 unspecified atom stereocenters. The van der Waals surface area contributed by atoms with Gasteiger partial charge >= 0.3 is 0 Å². The van der Waals surface area contributed by atoms with Crippen LogP contribution in [0, 0.1) is 0 Å². The van der Waals surface area contributed by atoms with Crippen molar-refractivity contribution < 1.29 is 0 Å². The van der Waals surface area contributed by atoms with Gasteiger partial charge in [-0.3, -0.25) is 4.98 Å². The third-order valence-corrected chi connectivity index (χ3v) is 3.69. The molecule has 0 bridgehead atoms. The van der Waals surface area contributed by atoms with Gasteiger partial charge in [-0.1, -0.05) is 6.92 Å². The molecule has 17 heavy (non-hydrogen) atoms. The van der Waals surface area contributed by atoms with Gasteiger partial charge in [0.1, 0.15) is 5.82 Å². The monoisotopic (exact) mass is 250 g/mol. The molecule has 0 amide bonds. The minimum Gasteiger partial charge on any atom is -0.335 e. The first-order valence-corrected chi connectivity index (χ1v) is 6.78. The summed E-state index contributed by atoms with van der Waals surface area (Å²) in [7, 11) is 1.98. The summed E-state index contributed by atoms with van der Waals surface area (Å²) in [5.41, 5.74) is 1.87. The van der Waals surface area contributed by atoms with Crippen molar-refractivity contribution in [3.63, 3.8) is 0 Å². The lowest BCUT2D eigenvalue weighted by molar-refractivity contribution is 0.549. The molecule has 0 spiro atoms. The van der Waals surface area contributed by atoms with Crippen molar-refractivity contribution in [2.75, 3.05) is 7.05 Å². The van der Waals surface area contributed by atoms with Crippen molar-refractivity contribution in [1.29, 1.82) is 0 Å². The molecule has 0 aliphatic rings. The number of nitrogens with one attached hydrogen (secondary N) is 1. The topological polar surface area (TPSA) is 42.7 Å². The summed E-state index contributed by atoms with van der Waals surface area (Å²) in [5.74, 6) is 1.14. The molecule has 4 nitrogen and oxygen atoms in total. The van der Waals surface area contributed by atoms with Crippen LogP contribution in [0.3, 0.4) is 0 Å². The zero-order valence-corrected chi connectivity index (χ0v) is 11.1. The molecule has 0 aliphatic carbocycles. The summed E-state index contributed by atoms with van der Waals surface area (Å²) < 4.78 is 2.23. The number of hydrogen-bond donors (Lipinski definition) is 1. The van der Waals surface area contributed by atoms with Gasteiger partial charge in [0.2, 0.25) is 0 Å². The molecule has 0 aromatic carbocycles. The molecule has 0 saturated heterocycles. The molecule has 0 aliphatic heterocycles. The smallest absolute Gasteiger partial charge is 0.110 e. The Morgan fingerprint density at radius 1 is 1.53 bits per heavy atom. The molecule has 1 N–H and O–H groups in total. The standard InChI is InChI=1S/C12H18N4S/c1-3-5-16-6-4-15-12(16)7-10(13-2)11-8-14-9-17-11/h4,6,8-10,13H,3,5,7H2,1-2H3. The number of imidazole rings is 1. The summed E-state index contributed by atoms with van der Waals surface area (Å²) >= 11 is 1.69. The second-order valence-electron chi connectivity index (χ2n) is 3.99. The van der Waals surface area contributed by atoms with E-state index in [4.69, 9.17) is 0 Å². The molecule has 0 saturated carbocycles. The number of aryl methyl sites for hydroxylation is 1. The molecule has 5 heteroatoms. The van der Waals surface area contributed by atoms with Crippen molar-refractivity contribution in [1.82, 2.24) is 19.9 Å². The zero-order valence-electron chi connectivity index (χ0n) is 10.3. The van der Waals surface area contributed by atoms with E-state index in [2.05, 4.69) is 33.0 Å². The van der Waals surface area contributed by atoms with Crippen molar-refractivity contribution in [3.05, 3.63) is 34.8 Å². The molecule has 2 rings (SSSR count). The lowest BCUT2D eigenvalue weighted by Crippen LogP contribution is -2.20. The first-order valence-electron chi connectivity index (χ1n) is 5.90. The molecule has 2 aromatic rings. The third kappa shape index (κ3) is 2.92. The number of aromatic nitrogens is 3. The Morgan fingerprint density at radius 2 is 2.41 bits per heavy atom. The highest BCUT2D eigenvalue weighted by atomic mass is 32.1. The van der Waals surface area contributed by atoms with Crippen LogP contribution in [-0.4, -0.2) is 21.6 Å². The second kappa shape index (κ2) is 5.93. The van der Waals surface area contributed by atoms with Crippen LogP contribution in [0.15, 0.2) is 24.1 Å². The molecule has 2 heterocycles. The van der Waals surface area contributed by atoms with Gasteiger partial charge in [0, 0.05) is 42.5 Å². The summed E-state index contributed by atoms with van der Waals surface area (Å²) in [6, 6.07) is 0.306.